The maximum atomic E-state index is 4.20. The van der Waals surface area contributed by atoms with Gasteiger partial charge in [0.1, 0.15) is 5.82 Å². The van der Waals surface area contributed by atoms with Crippen LogP contribution < -0.4 is 5.32 Å². The molecule has 2 aromatic rings. The SMILES string of the molecule is Cc1cscc1CNc1ccccn1. The highest BCUT2D eigenvalue weighted by Crippen LogP contribution is 2.14. The van der Waals surface area contributed by atoms with Gasteiger partial charge in [0.15, 0.2) is 0 Å². The predicted octanol–water partition coefficient (Wildman–Crippen LogP) is 3.06. The topological polar surface area (TPSA) is 24.9 Å². The molecule has 0 fully saturated rings. The molecule has 2 heterocycles. The molecule has 1 N–H and O–H groups in total. The molecule has 0 unspecified atom stereocenters. The summed E-state index contributed by atoms with van der Waals surface area (Å²) in [6, 6.07) is 5.87. The second kappa shape index (κ2) is 4.24. The van der Waals surface area contributed by atoms with E-state index in [2.05, 4.69) is 28.0 Å². The Balaban J connectivity index is 1.99. The van der Waals surface area contributed by atoms with Crippen molar-refractivity contribution in [2.45, 2.75) is 13.5 Å². The number of rotatable bonds is 3. The highest BCUT2D eigenvalue weighted by Gasteiger charge is 1.98. The van der Waals surface area contributed by atoms with Crippen molar-refractivity contribution in [3.63, 3.8) is 0 Å². The number of hydrogen-bond donors (Lipinski definition) is 1. The molecule has 0 spiro atoms. The Morgan fingerprint density at radius 1 is 1.36 bits per heavy atom. The number of pyridine rings is 1. The fraction of sp³-hybridized carbons (Fsp3) is 0.182. The van der Waals surface area contributed by atoms with E-state index in [1.54, 1.807) is 17.5 Å². The average Bonchev–Trinajstić information content (AvgIpc) is 2.63. The van der Waals surface area contributed by atoms with Gasteiger partial charge in [-0.2, -0.15) is 11.3 Å². The molecule has 0 saturated carbocycles. The maximum Gasteiger partial charge on any atom is 0.126 e. The van der Waals surface area contributed by atoms with Gasteiger partial charge in [-0.25, -0.2) is 4.98 Å². The van der Waals surface area contributed by atoms with Gasteiger partial charge in [-0.05, 0) is 40.9 Å². The number of aromatic nitrogens is 1. The summed E-state index contributed by atoms with van der Waals surface area (Å²) in [6.45, 7) is 2.98. The summed E-state index contributed by atoms with van der Waals surface area (Å²) >= 11 is 1.74. The normalized spacial score (nSPS) is 10.1. The van der Waals surface area contributed by atoms with Crippen LogP contribution in [-0.2, 0) is 6.54 Å². The molecule has 0 aromatic carbocycles. The van der Waals surface area contributed by atoms with Crippen LogP contribution in [0.3, 0.4) is 0 Å². The number of nitrogens with zero attached hydrogens (tertiary/aromatic N) is 1. The van der Waals surface area contributed by atoms with Gasteiger partial charge in [0, 0.05) is 12.7 Å². The van der Waals surface area contributed by atoms with Crippen molar-refractivity contribution in [2.24, 2.45) is 0 Å². The molecular weight excluding hydrogens is 192 g/mol. The summed E-state index contributed by atoms with van der Waals surface area (Å²) in [7, 11) is 0. The van der Waals surface area contributed by atoms with Gasteiger partial charge < -0.3 is 5.32 Å². The van der Waals surface area contributed by atoms with Gasteiger partial charge in [0.05, 0.1) is 0 Å². The second-order valence-electron chi connectivity index (χ2n) is 3.15. The van der Waals surface area contributed by atoms with Crippen LogP contribution in [0.4, 0.5) is 5.82 Å². The molecule has 3 heteroatoms. The minimum absolute atomic E-state index is 0.854. The van der Waals surface area contributed by atoms with Gasteiger partial charge in [0.2, 0.25) is 0 Å². The minimum atomic E-state index is 0.854. The Hall–Kier alpha value is -1.35. The first kappa shape index (κ1) is 9.21. The molecule has 0 radical (unpaired) electrons. The fourth-order valence-electron chi connectivity index (χ4n) is 1.22. The van der Waals surface area contributed by atoms with E-state index in [0.29, 0.717) is 0 Å². The van der Waals surface area contributed by atoms with Crippen molar-refractivity contribution in [2.75, 3.05) is 5.32 Å². The lowest BCUT2D eigenvalue weighted by Gasteiger charge is -2.03. The monoisotopic (exact) mass is 204 g/mol. The molecule has 0 aliphatic rings. The molecule has 0 bridgehead atoms. The van der Waals surface area contributed by atoms with E-state index < -0.39 is 0 Å². The van der Waals surface area contributed by atoms with Crippen LogP contribution in [0.1, 0.15) is 11.1 Å². The molecule has 72 valence electrons. The van der Waals surface area contributed by atoms with Crippen molar-refractivity contribution in [3.8, 4) is 0 Å². The van der Waals surface area contributed by atoms with E-state index in [4.69, 9.17) is 0 Å². The van der Waals surface area contributed by atoms with Gasteiger partial charge in [-0.1, -0.05) is 6.07 Å². The Bertz CT molecular complexity index is 395. The van der Waals surface area contributed by atoms with Crippen molar-refractivity contribution in [1.29, 1.82) is 0 Å². The zero-order valence-electron chi connectivity index (χ0n) is 8.03. The molecule has 14 heavy (non-hydrogen) atoms. The Kier molecular flexibility index (Phi) is 2.79. The number of anilines is 1. The summed E-state index contributed by atoms with van der Waals surface area (Å²) in [4.78, 5) is 4.20. The summed E-state index contributed by atoms with van der Waals surface area (Å²) in [5, 5.41) is 7.62. The third-order valence-corrected chi connectivity index (χ3v) is 3.00. The molecule has 0 aliphatic carbocycles. The molecule has 0 saturated heterocycles. The smallest absolute Gasteiger partial charge is 0.126 e. The van der Waals surface area contributed by atoms with Crippen LogP contribution >= 0.6 is 11.3 Å². The van der Waals surface area contributed by atoms with E-state index in [9.17, 15) is 0 Å². The number of aryl methyl sites for hydroxylation is 1. The van der Waals surface area contributed by atoms with Crippen molar-refractivity contribution < 1.29 is 0 Å². The highest BCUT2D eigenvalue weighted by molar-refractivity contribution is 7.08. The standard InChI is InChI=1S/C11H12N2S/c1-9-7-14-8-10(9)6-13-11-4-2-3-5-12-11/h2-5,7-8H,6H2,1H3,(H,12,13). The lowest BCUT2D eigenvalue weighted by atomic mass is 10.2. The second-order valence-corrected chi connectivity index (χ2v) is 3.89. The van der Waals surface area contributed by atoms with Crippen LogP contribution in [0, 0.1) is 6.92 Å². The van der Waals surface area contributed by atoms with E-state index in [1.807, 2.05) is 18.2 Å². The molecule has 0 amide bonds. The van der Waals surface area contributed by atoms with Gasteiger partial charge in [-0.3, -0.25) is 0 Å². The van der Waals surface area contributed by atoms with Crippen molar-refractivity contribution >= 4 is 17.2 Å². The number of nitrogens with one attached hydrogen (secondary N) is 1. The molecule has 0 atom stereocenters. The van der Waals surface area contributed by atoms with E-state index in [1.165, 1.54) is 11.1 Å². The van der Waals surface area contributed by atoms with Crippen LogP contribution in [0.25, 0.3) is 0 Å². The van der Waals surface area contributed by atoms with Crippen LogP contribution in [0.5, 0.6) is 0 Å². The zero-order valence-corrected chi connectivity index (χ0v) is 8.84. The van der Waals surface area contributed by atoms with Crippen LogP contribution in [-0.4, -0.2) is 4.98 Å². The van der Waals surface area contributed by atoms with E-state index >= 15 is 0 Å². The van der Waals surface area contributed by atoms with E-state index in [0.717, 1.165) is 12.4 Å². The predicted molar refractivity (Wildman–Crippen MR) is 60.6 cm³/mol. The lowest BCUT2D eigenvalue weighted by molar-refractivity contribution is 1.10. The first-order valence-corrected chi connectivity index (χ1v) is 5.47. The first-order chi connectivity index (χ1) is 6.86. The minimum Gasteiger partial charge on any atom is -0.366 e. The fourth-order valence-corrected chi connectivity index (χ4v) is 2.08. The van der Waals surface area contributed by atoms with E-state index in [-0.39, 0.29) is 0 Å². The molecule has 2 aromatic heterocycles. The summed E-state index contributed by atoms with van der Waals surface area (Å²) in [5.74, 6) is 0.929. The Morgan fingerprint density at radius 3 is 2.93 bits per heavy atom. The summed E-state index contributed by atoms with van der Waals surface area (Å²) < 4.78 is 0. The lowest BCUT2D eigenvalue weighted by Crippen LogP contribution is -2.00. The van der Waals surface area contributed by atoms with Crippen LogP contribution in [0.15, 0.2) is 35.2 Å². The average molecular weight is 204 g/mol. The van der Waals surface area contributed by atoms with Crippen molar-refractivity contribution in [1.82, 2.24) is 4.98 Å². The van der Waals surface area contributed by atoms with Gasteiger partial charge in [-0.15, -0.1) is 0 Å². The first-order valence-electron chi connectivity index (χ1n) is 4.53. The number of hydrogen-bond acceptors (Lipinski definition) is 3. The number of thiophene rings is 1. The summed E-state index contributed by atoms with van der Waals surface area (Å²) in [5.41, 5.74) is 2.69. The van der Waals surface area contributed by atoms with Gasteiger partial charge >= 0.3 is 0 Å². The van der Waals surface area contributed by atoms with Crippen LogP contribution in [0.2, 0.25) is 0 Å². The summed E-state index contributed by atoms with van der Waals surface area (Å²) in [6.07, 6.45) is 1.79. The Morgan fingerprint density at radius 2 is 2.29 bits per heavy atom. The highest BCUT2D eigenvalue weighted by atomic mass is 32.1. The van der Waals surface area contributed by atoms with Crippen molar-refractivity contribution in [3.05, 3.63) is 46.3 Å². The Labute approximate surface area is 87.6 Å². The molecule has 2 nitrogen and oxygen atoms in total. The quantitative estimate of drug-likeness (QED) is 0.831. The molecule has 2 rings (SSSR count). The zero-order chi connectivity index (χ0) is 9.80. The van der Waals surface area contributed by atoms with Gasteiger partial charge in [0.25, 0.3) is 0 Å². The third-order valence-electron chi connectivity index (χ3n) is 2.09. The molecule has 0 aliphatic heterocycles. The maximum absolute atomic E-state index is 4.20. The third kappa shape index (κ3) is 2.12. The largest absolute Gasteiger partial charge is 0.366 e. The molecular formula is C11H12N2S.